The molecule has 0 aliphatic rings. The van der Waals surface area contributed by atoms with Crippen LogP contribution in [-0.4, -0.2) is 17.1 Å². The number of aromatic nitrogens is 2. The summed E-state index contributed by atoms with van der Waals surface area (Å²) in [5.74, 6) is 1.62. The number of rotatable bonds is 4. The molecule has 0 fully saturated rings. The molecule has 0 amide bonds. The van der Waals surface area contributed by atoms with Crippen LogP contribution in [0.4, 0.5) is 5.82 Å². The molecule has 1 N–H and O–H groups in total. The molecule has 4 nitrogen and oxygen atoms in total. The number of hydrogen-bond acceptors (Lipinski definition) is 5. The molecule has 21 heavy (non-hydrogen) atoms. The smallest absolute Gasteiger partial charge is 0.225 e. The number of nitrogens with zero attached hydrogens (tertiary/aromatic N) is 2. The number of hydrogen-bond donors (Lipinski definition) is 1. The number of ether oxygens (including phenoxy) is 1. The molecule has 0 spiro atoms. The van der Waals surface area contributed by atoms with Gasteiger partial charge >= 0.3 is 0 Å². The minimum Gasteiger partial charge on any atom is -0.497 e. The summed E-state index contributed by atoms with van der Waals surface area (Å²) in [5, 5.41) is 4.60. The van der Waals surface area contributed by atoms with Crippen LogP contribution < -0.4 is 10.1 Å². The summed E-state index contributed by atoms with van der Waals surface area (Å²) in [5.41, 5.74) is 1.14. The standard InChI is InChI=1S/C15H14ClN3OS/c1-9-7-12-13(18-15(16)19-14(12)21-9)17-8-10-3-5-11(20-2)6-4-10/h3-7H,8H2,1-2H3,(H,17,18,19). The second kappa shape index (κ2) is 5.87. The highest BCUT2D eigenvalue weighted by atomic mass is 35.5. The van der Waals surface area contributed by atoms with E-state index in [1.807, 2.05) is 31.2 Å². The van der Waals surface area contributed by atoms with Gasteiger partial charge in [-0.3, -0.25) is 0 Å². The van der Waals surface area contributed by atoms with Crippen LogP contribution in [0.15, 0.2) is 30.3 Å². The molecule has 0 saturated heterocycles. The Labute approximate surface area is 131 Å². The maximum absolute atomic E-state index is 5.98. The third-order valence-corrected chi connectivity index (χ3v) is 4.22. The fraction of sp³-hybridized carbons (Fsp3) is 0.200. The third kappa shape index (κ3) is 3.09. The normalized spacial score (nSPS) is 10.8. The minimum atomic E-state index is 0.265. The number of aryl methyl sites for hydroxylation is 1. The van der Waals surface area contributed by atoms with E-state index in [4.69, 9.17) is 16.3 Å². The topological polar surface area (TPSA) is 47.0 Å². The Hall–Kier alpha value is -1.85. The van der Waals surface area contributed by atoms with Crippen molar-refractivity contribution in [3.63, 3.8) is 0 Å². The number of anilines is 1. The number of halogens is 1. The van der Waals surface area contributed by atoms with Gasteiger partial charge in [0.2, 0.25) is 5.28 Å². The van der Waals surface area contributed by atoms with Crippen LogP contribution in [0.25, 0.3) is 10.2 Å². The van der Waals surface area contributed by atoms with E-state index in [-0.39, 0.29) is 5.28 Å². The van der Waals surface area contributed by atoms with Crippen LogP contribution in [-0.2, 0) is 6.54 Å². The number of thiophene rings is 1. The lowest BCUT2D eigenvalue weighted by molar-refractivity contribution is 0.414. The maximum Gasteiger partial charge on any atom is 0.225 e. The van der Waals surface area contributed by atoms with Crippen molar-refractivity contribution in [1.82, 2.24) is 9.97 Å². The SMILES string of the molecule is COc1ccc(CNc2nc(Cl)nc3sc(C)cc23)cc1. The molecule has 108 valence electrons. The Morgan fingerprint density at radius 3 is 2.71 bits per heavy atom. The number of benzene rings is 1. The van der Waals surface area contributed by atoms with Crippen molar-refractivity contribution in [2.45, 2.75) is 13.5 Å². The first-order valence-electron chi connectivity index (χ1n) is 6.46. The molecule has 2 aromatic heterocycles. The first kappa shape index (κ1) is 14.1. The summed E-state index contributed by atoms with van der Waals surface area (Å²) < 4.78 is 5.15. The van der Waals surface area contributed by atoms with E-state index in [0.29, 0.717) is 6.54 Å². The average molecular weight is 320 g/mol. The van der Waals surface area contributed by atoms with Crippen molar-refractivity contribution in [2.75, 3.05) is 12.4 Å². The molecular formula is C15H14ClN3OS. The lowest BCUT2D eigenvalue weighted by Crippen LogP contribution is -2.02. The van der Waals surface area contributed by atoms with Crippen molar-refractivity contribution in [3.05, 3.63) is 46.1 Å². The van der Waals surface area contributed by atoms with Crippen molar-refractivity contribution >= 4 is 39.0 Å². The predicted molar refractivity (Wildman–Crippen MR) is 87.5 cm³/mol. The van der Waals surface area contributed by atoms with Crippen LogP contribution in [0.5, 0.6) is 5.75 Å². The minimum absolute atomic E-state index is 0.265. The molecule has 3 aromatic rings. The highest BCUT2D eigenvalue weighted by Crippen LogP contribution is 2.29. The fourth-order valence-corrected chi connectivity index (χ4v) is 3.18. The summed E-state index contributed by atoms with van der Waals surface area (Å²) in [4.78, 5) is 10.6. The Balaban J connectivity index is 1.83. The second-order valence-corrected chi connectivity index (χ2v) is 6.19. The zero-order valence-corrected chi connectivity index (χ0v) is 13.3. The first-order chi connectivity index (χ1) is 10.2. The summed E-state index contributed by atoms with van der Waals surface area (Å²) in [6.45, 7) is 2.72. The van der Waals surface area contributed by atoms with E-state index < -0.39 is 0 Å². The van der Waals surface area contributed by atoms with Gasteiger partial charge in [-0.05, 0) is 42.3 Å². The second-order valence-electron chi connectivity index (χ2n) is 4.62. The molecule has 0 radical (unpaired) electrons. The lowest BCUT2D eigenvalue weighted by atomic mass is 10.2. The molecule has 0 unspecified atom stereocenters. The van der Waals surface area contributed by atoms with Gasteiger partial charge in [-0.15, -0.1) is 11.3 Å². The van der Waals surface area contributed by atoms with Gasteiger partial charge in [-0.1, -0.05) is 12.1 Å². The van der Waals surface area contributed by atoms with Crippen molar-refractivity contribution in [1.29, 1.82) is 0 Å². The van der Waals surface area contributed by atoms with Gasteiger partial charge in [-0.25, -0.2) is 9.97 Å². The molecule has 0 saturated carbocycles. The van der Waals surface area contributed by atoms with Crippen molar-refractivity contribution in [2.24, 2.45) is 0 Å². The monoisotopic (exact) mass is 319 g/mol. The Kier molecular flexibility index (Phi) is 3.94. The largest absolute Gasteiger partial charge is 0.497 e. The van der Waals surface area contributed by atoms with Gasteiger partial charge in [0.05, 0.1) is 12.5 Å². The van der Waals surface area contributed by atoms with E-state index in [2.05, 4.69) is 21.4 Å². The third-order valence-electron chi connectivity index (χ3n) is 3.11. The van der Waals surface area contributed by atoms with E-state index in [1.54, 1.807) is 18.4 Å². The molecule has 6 heteroatoms. The zero-order valence-electron chi connectivity index (χ0n) is 11.7. The number of methoxy groups -OCH3 is 1. The van der Waals surface area contributed by atoms with Gasteiger partial charge in [0.25, 0.3) is 0 Å². The highest BCUT2D eigenvalue weighted by Gasteiger charge is 2.09. The predicted octanol–water partition coefficient (Wildman–Crippen LogP) is 4.27. The Morgan fingerprint density at radius 2 is 2.00 bits per heavy atom. The van der Waals surface area contributed by atoms with Crippen molar-refractivity contribution < 1.29 is 4.74 Å². The molecule has 0 atom stereocenters. The maximum atomic E-state index is 5.98. The lowest BCUT2D eigenvalue weighted by Gasteiger charge is -2.08. The molecule has 0 aliphatic carbocycles. The summed E-state index contributed by atoms with van der Waals surface area (Å²) >= 11 is 7.60. The molecule has 3 rings (SSSR count). The Morgan fingerprint density at radius 1 is 1.24 bits per heavy atom. The van der Waals surface area contributed by atoms with Crippen LogP contribution in [0.1, 0.15) is 10.4 Å². The molecule has 1 aromatic carbocycles. The Bertz CT molecular complexity index is 770. The zero-order chi connectivity index (χ0) is 14.8. The van der Waals surface area contributed by atoms with Gasteiger partial charge < -0.3 is 10.1 Å². The van der Waals surface area contributed by atoms with Crippen LogP contribution in [0, 0.1) is 6.92 Å². The molecule has 0 aliphatic heterocycles. The number of nitrogens with one attached hydrogen (secondary N) is 1. The van der Waals surface area contributed by atoms with Crippen LogP contribution >= 0.6 is 22.9 Å². The van der Waals surface area contributed by atoms with Crippen LogP contribution in [0.2, 0.25) is 5.28 Å². The van der Waals surface area contributed by atoms with E-state index >= 15 is 0 Å². The fourth-order valence-electron chi connectivity index (χ4n) is 2.08. The van der Waals surface area contributed by atoms with Gasteiger partial charge in [0.1, 0.15) is 16.4 Å². The van der Waals surface area contributed by atoms with E-state index in [1.165, 1.54) is 4.88 Å². The summed E-state index contributed by atoms with van der Waals surface area (Å²) in [7, 11) is 1.66. The molecular weight excluding hydrogens is 306 g/mol. The molecule has 2 heterocycles. The average Bonchev–Trinajstić information content (AvgIpc) is 2.85. The van der Waals surface area contributed by atoms with E-state index in [0.717, 1.165) is 27.3 Å². The van der Waals surface area contributed by atoms with E-state index in [9.17, 15) is 0 Å². The van der Waals surface area contributed by atoms with Crippen molar-refractivity contribution in [3.8, 4) is 5.75 Å². The summed E-state index contributed by atoms with van der Waals surface area (Å²) in [6, 6.07) is 9.99. The van der Waals surface area contributed by atoms with Gasteiger partial charge in [-0.2, -0.15) is 0 Å². The van der Waals surface area contributed by atoms with Gasteiger partial charge in [0, 0.05) is 11.4 Å². The number of fused-ring (bicyclic) bond motifs is 1. The quantitative estimate of drug-likeness (QED) is 0.729. The highest BCUT2D eigenvalue weighted by molar-refractivity contribution is 7.18. The van der Waals surface area contributed by atoms with Gasteiger partial charge in [0.15, 0.2) is 0 Å². The van der Waals surface area contributed by atoms with Crippen LogP contribution in [0.3, 0.4) is 0 Å². The molecule has 0 bridgehead atoms. The first-order valence-corrected chi connectivity index (χ1v) is 7.65. The summed E-state index contributed by atoms with van der Waals surface area (Å²) in [6.07, 6.45) is 0.